The molecule has 2 aromatic rings. The van der Waals surface area contributed by atoms with Crippen molar-refractivity contribution >= 4 is 26.8 Å². The molecule has 1 aromatic heterocycles. The lowest BCUT2D eigenvalue weighted by molar-refractivity contribution is 0.272. The van der Waals surface area contributed by atoms with Gasteiger partial charge in [-0.15, -0.1) is 0 Å². The normalized spacial score (nSPS) is 16.5. The summed E-state index contributed by atoms with van der Waals surface area (Å²) in [5, 5.41) is 1.37. The van der Waals surface area contributed by atoms with E-state index in [0.717, 1.165) is 19.6 Å². The first-order valence-electron chi connectivity index (χ1n) is 6.04. The number of halogens is 1. The van der Waals surface area contributed by atoms with Crippen molar-refractivity contribution in [3.8, 4) is 0 Å². The Morgan fingerprint density at radius 1 is 1.18 bits per heavy atom. The molecule has 1 aromatic carbocycles. The molecule has 1 aliphatic heterocycles. The largest absolute Gasteiger partial charge is 0.341 e. The highest BCUT2D eigenvalue weighted by Gasteiger charge is 2.21. The lowest BCUT2D eigenvalue weighted by Gasteiger charge is -2.25. The lowest BCUT2D eigenvalue weighted by Crippen LogP contribution is -2.30. The monoisotopic (exact) mass is 292 g/mol. The Kier molecular flexibility index (Phi) is 2.56. The molecule has 17 heavy (non-hydrogen) atoms. The van der Waals surface area contributed by atoms with Crippen molar-refractivity contribution in [2.75, 3.05) is 13.6 Å². The second-order valence-corrected chi connectivity index (χ2v) is 5.92. The van der Waals surface area contributed by atoms with Gasteiger partial charge in [0.2, 0.25) is 0 Å². The summed E-state index contributed by atoms with van der Waals surface area (Å²) in [6, 6.07) is 4.57. The Morgan fingerprint density at radius 2 is 1.94 bits per heavy atom. The Bertz CT molecular complexity index is 598. The van der Waals surface area contributed by atoms with Gasteiger partial charge in [-0.05, 0) is 48.5 Å². The molecule has 3 rings (SSSR count). The van der Waals surface area contributed by atoms with Gasteiger partial charge in [-0.3, -0.25) is 4.90 Å². The fourth-order valence-corrected chi connectivity index (χ4v) is 3.54. The van der Waals surface area contributed by atoms with Crippen molar-refractivity contribution in [3.63, 3.8) is 0 Å². The van der Waals surface area contributed by atoms with E-state index in [1.165, 1.54) is 32.2 Å². The zero-order valence-corrected chi connectivity index (χ0v) is 12.1. The number of aryl methyl sites for hydroxylation is 2. The van der Waals surface area contributed by atoms with Crippen LogP contribution in [0.4, 0.5) is 0 Å². The van der Waals surface area contributed by atoms with E-state index in [2.05, 4.69) is 58.4 Å². The maximum Gasteiger partial charge on any atom is 0.0525 e. The summed E-state index contributed by atoms with van der Waals surface area (Å²) in [6.07, 6.45) is 0. The van der Waals surface area contributed by atoms with Crippen molar-refractivity contribution < 1.29 is 0 Å². The predicted molar refractivity (Wildman–Crippen MR) is 75.4 cm³/mol. The fourth-order valence-electron chi connectivity index (χ4n) is 2.90. The van der Waals surface area contributed by atoms with Crippen LogP contribution in [0, 0.1) is 13.8 Å². The minimum atomic E-state index is 1.04. The topological polar surface area (TPSA) is 8.17 Å². The highest BCUT2D eigenvalue weighted by molar-refractivity contribution is 9.10. The second kappa shape index (κ2) is 3.85. The third-order valence-corrected chi connectivity index (χ3v) is 4.54. The second-order valence-electron chi connectivity index (χ2n) is 5.13. The molecule has 0 saturated heterocycles. The van der Waals surface area contributed by atoms with Gasteiger partial charge in [0.1, 0.15) is 0 Å². The molecular formula is C14H17BrN2. The molecule has 0 amide bonds. The maximum absolute atomic E-state index is 3.79. The first kappa shape index (κ1) is 11.3. The molecule has 0 fully saturated rings. The van der Waals surface area contributed by atoms with Gasteiger partial charge in [0.05, 0.1) is 5.52 Å². The van der Waals surface area contributed by atoms with E-state index in [1.54, 1.807) is 0 Å². The van der Waals surface area contributed by atoms with E-state index < -0.39 is 0 Å². The average molecular weight is 293 g/mol. The van der Waals surface area contributed by atoms with E-state index >= 15 is 0 Å². The molecule has 2 nitrogen and oxygen atoms in total. The molecule has 0 aliphatic carbocycles. The van der Waals surface area contributed by atoms with Gasteiger partial charge in [-0.1, -0.05) is 11.6 Å². The zero-order chi connectivity index (χ0) is 12.2. The van der Waals surface area contributed by atoms with Crippen LogP contribution in [0.3, 0.4) is 0 Å². The quantitative estimate of drug-likeness (QED) is 0.722. The van der Waals surface area contributed by atoms with Gasteiger partial charge in [-0.25, -0.2) is 0 Å². The standard InChI is InChI=1S/C14H17BrN2/c1-9-6-10(2)14-11(7-9)13(15)12-8-16(3)4-5-17(12)14/h6-7H,4-5,8H2,1-3H3. The van der Waals surface area contributed by atoms with Crippen LogP contribution in [-0.4, -0.2) is 23.1 Å². The van der Waals surface area contributed by atoms with E-state index in [-0.39, 0.29) is 0 Å². The zero-order valence-electron chi connectivity index (χ0n) is 10.5. The number of benzene rings is 1. The number of hydrogen-bond donors (Lipinski definition) is 0. The number of fused-ring (bicyclic) bond motifs is 3. The molecule has 90 valence electrons. The van der Waals surface area contributed by atoms with E-state index in [0.29, 0.717) is 0 Å². The average Bonchev–Trinajstić information content (AvgIpc) is 2.53. The van der Waals surface area contributed by atoms with Crippen molar-refractivity contribution in [3.05, 3.63) is 33.4 Å². The Balaban J connectivity index is 2.37. The summed E-state index contributed by atoms with van der Waals surface area (Å²) in [4.78, 5) is 2.38. The maximum atomic E-state index is 3.79. The number of likely N-dealkylation sites (N-methyl/N-ethyl adjacent to an activating group) is 1. The first-order chi connectivity index (χ1) is 8.08. The van der Waals surface area contributed by atoms with Crippen LogP contribution >= 0.6 is 15.9 Å². The number of hydrogen-bond acceptors (Lipinski definition) is 1. The van der Waals surface area contributed by atoms with Gasteiger partial charge >= 0.3 is 0 Å². The molecule has 0 radical (unpaired) electrons. The lowest BCUT2D eigenvalue weighted by atomic mass is 10.1. The molecule has 1 aliphatic rings. The first-order valence-corrected chi connectivity index (χ1v) is 6.83. The third kappa shape index (κ3) is 1.64. The Hall–Kier alpha value is -0.800. The molecule has 0 spiro atoms. The van der Waals surface area contributed by atoms with Gasteiger partial charge in [0.15, 0.2) is 0 Å². The van der Waals surface area contributed by atoms with Gasteiger partial charge in [0, 0.05) is 35.2 Å². The fraction of sp³-hybridized carbons (Fsp3) is 0.429. The van der Waals surface area contributed by atoms with Crippen LogP contribution in [0.5, 0.6) is 0 Å². The smallest absolute Gasteiger partial charge is 0.0525 e. The van der Waals surface area contributed by atoms with Crippen LogP contribution in [0.15, 0.2) is 16.6 Å². The minimum absolute atomic E-state index is 1.04. The van der Waals surface area contributed by atoms with Crippen molar-refractivity contribution in [1.82, 2.24) is 9.47 Å². The number of nitrogens with zero attached hydrogens (tertiary/aromatic N) is 2. The summed E-state index contributed by atoms with van der Waals surface area (Å²) >= 11 is 3.79. The number of aromatic nitrogens is 1. The highest BCUT2D eigenvalue weighted by atomic mass is 79.9. The van der Waals surface area contributed by atoms with Crippen LogP contribution in [0.2, 0.25) is 0 Å². The summed E-state index contributed by atoms with van der Waals surface area (Å²) in [7, 11) is 2.19. The van der Waals surface area contributed by atoms with Crippen LogP contribution in [-0.2, 0) is 13.1 Å². The molecule has 0 saturated carbocycles. The highest BCUT2D eigenvalue weighted by Crippen LogP contribution is 2.35. The summed E-state index contributed by atoms with van der Waals surface area (Å²) in [5.74, 6) is 0. The van der Waals surface area contributed by atoms with Gasteiger partial charge in [0.25, 0.3) is 0 Å². The van der Waals surface area contributed by atoms with Crippen LogP contribution in [0.1, 0.15) is 16.8 Å². The predicted octanol–water partition coefficient (Wildman–Crippen LogP) is 3.47. The summed E-state index contributed by atoms with van der Waals surface area (Å²) < 4.78 is 3.76. The van der Waals surface area contributed by atoms with Crippen LogP contribution < -0.4 is 0 Å². The summed E-state index contributed by atoms with van der Waals surface area (Å²) in [5.41, 5.74) is 5.55. The van der Waals surface area contributed by atoms with E-state index in [9.17, 15) is 0 Å². The molecular weight excluding hydrogens is 276 g/mol. The van der Waals surface area contributed by atoms with Crippen LogP contribution in [0.25, 0.3) is 10.9 Å². The Labute approximate surface area is 110 Å². The molecule has 0 N–H and O–H groups in total. The van der Waals surface area contributed by atoms with Gasteiger partial charge in [-0.2, -0.15) is 0 Å². The van der Waals surface area contributed by atoms with Crippen molar-refractivity contribution in [1.29, 1.82) is 0 Å². The number of rotatable bonds is 0. The summed E-state index contributed by atoms with van der Waals surface area (Å²) in [6.45, 7) is 7.65. The molecule has 0 bridgehead atoms. The van der Waals surface area contributed by atoms with Crippen molar-refractivity contribution in [2.45, 2.75) is 26.9 Å². The minimum Gasteiger partial charge on any atom is -0.341 e. The molecule has 3 heteroatoms. The molecule has 0 unspecified atom stereocenters. The van der Waals surface area contributed by atoms with E-state index in [1.807, 2.05) is 0 Å². The molecule has 2 heterocycles. The van der Waals surface area contributed by atoms with E-state index in [4.69, 9.17) is 0 Å². The Morgan fingerprint density at radius 3 is 2.71 bits per heavy atom. The SMILES string of the molecule is Cc1cc(C)c2c(c1)c(Br)c1n2CCN(C)C1. The molecule has 0 atom stereocenters. The third-order valence-electron chi connectivity index (χ3n) is 3.66. The van der Waals surface area contributed by atoms with Crippen molar-refractivity contribution in [2.24, 2.45) is 0 Å². The van der Waals surface area contributed by atoms with Gasteiger partial charge < -0.3 is 4.57 Å².